The van der Waals surface area contributed by atoms with Crippen molar-refractivity contribution in [1.29, 1.82) is 0 Å². The van der Waals surface area contributed by atoms with Gasteiger partial charge in [0.05, 0.1) is 12.3 Å². The van der Waals surface area contributed by atoms with Gasteiger partial charge in [0.15, 0.2) is 0 Å². The van der Waals surface area contributed by atoms with Crippen molar-refractivity contribution < 1.29 is 9.53 Å². The predicted octanol–water partition coefficient (Wildman–Crippen LogP) is 7.25. The number of hydrogen-bond donors (Lipinski definition) is 2. The first-order valence-corrected chi connectivity index (χ1v) is 15.3. The van der Waals surface area contributed by atoms with Crippen molar-refractivity contribution in [3.05, 3.63) is 58.6 Å². The minimum absolute atomic E-state index is 0.399. The summed E-state index contributed by atoms with van der Waals surface area (Å²) in [4.78, 5) is 14.4. The number of anilines is 1. The van der Waals surface area contributed by atoms with Gasteiger partial charge >= 0.3 is 0 Å². The van der Waals surface area contributed by atoms with Crippen molar-refractivity contribution in [1.82, 2.24) is 0 Å². The summed E-state index contributed by atoms with van der Waals surface area (Å²) in [5.41, 5.74) is 8.43. The zero-order valence-electron chi connectivity index (χ0n) is 22.3. The van der Waals surface area contributed by atoms with E-state index in [0.29, 0.717) is 24.0 Å². The van der Waals surface area contributed by atoms with Crippen molar-refractivity contribution in [2.45, 2.75) is 71.1 Å². The molecule has 4 N–H and O–H groups in total. The maximum atomic E-state index is 11.9. The van der Waals surface area contributed by atoms with Gasteiger partial charge in [0, 0.05) is 35.3 Å². The van der Waals surface area contributed by atoms with Crippen LogP contribution >= 0.6 is 23.5 Å². The highest BCUT2D eigenvalue weighted by molar-refractivity contribution is 7.97. The smallest absolute Gasteiger partial charge is 0.248 e. The first-order chi connectivity index (χ1) is 18.0. The van der Waals surface area contributed by atoms with E-state index < -0.39 is 5.91 Å². The van der Waals surface area contributed by atoms with E-state index >= 15 is 0 Å². The molecule has 2 atom stereocenters. The Morgan fingerprint density at radius 3 is 2.73 bits per heavy atom. The van der Waals surface area contributed by atoms with Crippen LogP contribution in [0.25, 0.3) is 0 Å². The molecular weight excluding hydrogens is 502 g/mol. The number of unbranched alkanes of at least 4 members (excludes halogenated alkanes) is 3. The Morgan fingerprint density at radius 2 is 1.97 bits per heavy atom. The van der Waals surface area contributed by atoms with Crippen LogP contribution in [0.1, 0.15) is 80.6 Å². The summed E-state index contributed by atoms with van der Waals surface area (Å²) < 4.78 is 6.27. The molecule has 5 nitrogen and oxygen atoms in total. The van der Waals surface area contributed by atoms with E-state index in [1.807, 2.05) is 24.3 Å². The Balaban J connectivity index is 1.61. The molecular formula is C30H44ClN3O2S. The highest BCUT2D eigenvalue weighted by Gasteiger charge is 2.24. The minimum atomic E-state index is -0.399. The predicted molar refractivity (Wildman–Crippen MR) is 159 cm³/mol. The monoisotopic (exact) mass is 545 g/mol. The average Bonchev–Trinajstić information content (AvgIpc) is 3.06. The number of fused-ring (bicyclic) bond motifs is 1. The van der Waals surface area contributed by atoms with Crippen molar-refractivity contribution >= 4 is 35.1 Å². The molecule has 0 aliphatic carbocycles. The normalized spacial score (nSPS) is 16.1. The minimum Gasteiger partial charge on any atom is -0.491 e. The fourth-order valence-corrected chi connectivity index (χ4v) is 5.83. The third-order valence-corrected chi connectivity index (χ3v) is 8.27. The molecule has 7 heteroatoms. The third-order valence-electron chi connectivity index (χ3n) is 7.51. The molecule has 2 aromatic rings. The SMILES string of the molecule is CC[C@@H](CCCCCCSN)CCN1CC(CCCc2cccc(Cl)c2)COc2ccc(C(N)=O)cc21. The summed E-state index contributed by atoms with van der Waals surface area (Å²) >= 11 is 7.61. The number of halogens is 1. The molecule has 1 aliphatic rings. The van der Waals surface area contributed by atoms with Crippen molar-refractivity contribution in [3.63, 3.8) is 0 Å². The number of hydrogen-bond acceptors (Lipinski definition) is 5. The topological polar surface area (TPSA) is 81.6 Å². The van der Waals surface area contributed by atoms with Gasteiger partial charge in [0.2, 0.25) is 5.91 Å². The van der Waals surface area contributed by atoms with Gasteiger partial charge in [0.25, 0.3) is 0 Å². The number of primary amides is 1. The highest BCUT2D eigenvalue weighted by Crippen LogP contribution is 2.35. The van der Waals surface area contributed by atoms with Gasteiger partial charge in [-0.2, -0.15) is 0 Å². The number of nitrogens with zero attached hydrogens (tertiary/aromatic N) is 1. The first kappa shape index (κ1) is 29.7. The highest BCUT2D eigenvalue weighted by atomic mass is 35.5. The molecule has 37 heavy (non-hydrogen) atoms. The molecule has 204 valence electrons. The Labute approximate surface area is 232 Å². The molecule has 1 amide bonds. The zero-order valence-corrected chi connectivity index (χ0v) is 23.9. The number of rotatable bonds is 16. The van der Waals surface area contributed by atoms with E-state index in [4.69, 9.17) is 27.2 Å². The van der Waals surface area contributed by atoms with Crippen molar-refractivity contribution in [2.24, 2.45) is 22.7 Å². The molecule has 1 unspecified atom stereocenters. The van der Waals surface area contributed by atoms with Crippen LogP contribution < -0.4 is 20.5 Å². The number of aryl methyl sites for hydroxylation is 1. The second kappa shape index (κ2) is 16.2. The van der Waals surface area contributed by atoms with Gasteiger partial charge in [-0.05, 0) is 73.9 Å². The lowest BCUT2D eigenvalue weighted by Gasteiger charge is -2.28. The molecule has 3 rings (SSSR count). The Morgan fingerprint density at radius 1 is 1.14 bits per heavy atom. The van der Waals surface area contributed by atoms with E-state index in [1.165, 1.54) is 56.0 Å². The molecule has 0 spiro atoms. The number of carbonyl (C=O) groups excluding carboxylic acids is 1. The average molecular weight is 546 g/mol. The van der Waals surface area contributed by atoms with Gasteiger partial charge in [0.1, 0.15) is 5.75 Å². The zero-order chi connectivity index (χ0) is 26.5. The van der Waals surface area contributed by atoms with Crippen LogP contribution in [0.5, 0.6) is 5.75 Å². The number of nitrogens with two attached hydrogens (primary N) is 2. The van der Waals surface area contributed by atoms with Crippen LogP contribution in [0.15, 0.2) is 42.5 Å². The van der Waals surface area contributed by atoms with E-state index in [2.05, 4.69) is 24.0 Å². The number of carbonyl (C=O) groups is 1. The number of benzene rings is 2. The molecule has 0 saturated carbocycles. The molecule has 0 fully saturated rings. The Kier molecular flexibility index (Phi) is 13.0. The fourth-order valence-electron chi connectivity index (χ4n) is 5.25. The van der Waals surface area contributed by atoms with Crippen molar-refractivity contribution in [2.75, 3.05) is 30.3 Å². The quantitative estimate of drug-likeness (QED) is 0.171. The summed E-state index contributed by atoms with van der Waals surface area (Å²) in [5.74, 6) is 2.64. The van der Waals surface area contributed by atoms with E-state index in [-0.39, 0.29) is 0 Å². The van der Waals surface area contributed by atoms with Crippen LogP contribution in [0, 0.1) is 11.8 Å². The molecule has 2 aromatic carbocycles. The van der Waals surface area contributed by atoms with E-state index in [9.17, 15) is 4.79 Å². The lowest BCUT2D eigenvalue weighted by atomic mass is 9.94. The number of amides is 1. The van der Waals surface area contributed by atoms with E-state index in [1.54, 1.807) is 6.07 Å². The molecule has 1 heterocycles. The van der Waals surface area contributed by atoms with Gasteiger partial charge in [-0.15, -0.1) is 0 Å². The summed E-state index contributed by atoms with van der Waals surface area (Å²) in [7, 11) is 0. The lowest BCUT2D eigenvalue weighted by molar-refractivity contribution is 0.100. The molecule has 0 aromatic heterocycles. The first-order valence-electron chi connectivity index (χ1n) is 13.9. The maximum Gasteiger partial charge on any atom is 0.248 e. The summed E-state index contributed by atoms with van der Waals surface area (Å²) in [5, 5.41) is 6.33. The van der Waals surface area contributed by atoms with Gasteiger partial charge < -0.3 is 15.4 Å². The molecule has 1 aliphatic heterocycles. The Hall–Kier alpha value is -1.89. The second-order valence-electron chi connectivity index (χ2n) is 10.3. The standard InChI is InChI=1S/C30H44ClN3O2S/c1-2-23(9-5-3-4-6-18-37-33)16-17-34-21-25(12-7-10-24-11-8-13-27(31)19-24)22-36-29-15-14-26(30(32)35)20-28(29)34/h8,11,13-15,19-20,23,25H,2-7,9-10,12,16-18,21-22,33H2,1H3,(H2,32,35)/t23-,25?/m0/s1. The van der Waals surface area contributed by atoms with Crippen LogP contribution in [-0.4, -0.2) is 31.4 Å². The maximum absolute atomic E-state index is 11.9. The van der Waals surface area contributed by atoms with Gasteiger partial charge in [-0.25, -0.2) is 0 Å². The summed E-state index contributed by atoms with van der Waals surface area (Å²) in [6.45, 7) is 4.88. The van der Waals surface area contributed by atoms with Crippen LogP contribution in [0.3, 0.4) is 0 Å². The third kappa shape index (κ3) is 10.1. The summed E-state index contributed by atoms with van der Waals surface area (Å²) in [6.07, 6.45) is 11.8. The molecule has 0 radical (unpaired) electrons. The molecule has 0 saturated heterocycles. The van der Waals surface area contributed by atoms with Crippen LogP contribution in [0.4, 0.5) is 5.69 Å². The van der Waals surface area contributed by atoms with E-state index in [0.717, 1.165) is 61.0 Å². The fraction of sp³-hybridized carbons (Fsp3) is 0.567. The largest absolute Gasteiger partial charge is 0.491 e. The van der Waals surface area contributed by atoms with Gasteiger partial charge in [-0.3, -0.25) is 9.93 Å². The Bertz CT molecular complexity index is 974. The lowest BCUT2D eigenvalue weighted by Crippen LogP contribution is -2.32. The van der Waals surface area contributed by atoms with Crippen LogP contribution in [0.2, 0.25) is 5.02 Å². The summed E-state index contributed by atoms with van der Waals surface area (Å²) in [6, 6.07) is 13.7. The number of ether oxygens (including phenoxy) is 1. The van der Waals surface area contributed by atoms with Crippen molar-refractivity contribution in [3.8, 4) is 5.75 Å². The molecule has 0 bridgehead atoms. The second-order valence-corrected chi connectivity index (χ2v) is 11.5. The van der Waals surface area contributed by atoms with Gasteiger partial charge in [-0.1, -0.05) is 74.7 Å². The van der Waals surface area contributed by atoms with Crippen LogP contribution in [-0.2, 0) is 6.42 Å².